The fourth-order valence-electron chi connectivity index (χ4n) is 0.599. The maximum atomic E-state index is 10.5. The number of benzene rings is 1. The van der Waals surface area contributed by atoms with Gasteiger partial charge in [0, 0.05) is 6.08 Å². The Balaban J connectivity index is 2.43. The van der Waals surface area contributed by atoms with Crippen LogP contribution in [0.5, 0.6) is 5.75 Å². The third kappa shape index (κ3) is 2.46. The molecule has 0 aliphatic heterocycles. The van der Waals surface area contributed by atoms with Gasteiger partial charge in [0.15, 0.2) is 5.75 Å². The van der Waals surface area contributed by atoms with E-state index in [0.717, 1.165) is 6.08 Å². The van der Waals surface area contributed by atoms with Gasteiger partial charge in [-0.15, -0.1) is 0 Å². The van der Waals surface area contributed by atoms with Crippen molar-refractivity contribution in [3.63, 3.8) is 0 Å². The summed E-state index contributed by atoms with van der Waals surface area (Å²) in [4.78, 5) is 19.5. The predicted molar refractivity (Wildman–Crippen MR) is 43.4 cm³/mol. The number of carbonyl (C=O) groups excluding carboxylic acids is 1. The van der Waals surface area contributed by atoms with Gasteiger partial charge in [-0.05, 0) is 12.1 Å². The minimum Gasteiger partial charge on any atom is -0.287 e. The van der Waals surface area contributed by atoms with Crippen LogP contribution >= 0.6 is 0 Å². The minimum absolute atomic E-state index is 0.479. The second-order valence-electron chi connectivity index (χ2n) is 2.00. The van der Waals surface area contributed by atoms with Gasteiger partial charge in [-0.1, -0.05) is 24.8 Å². The zero-order valence-electron chi connectivity index (χ0n) is 6.40. The first-order chi connectivity index (χ1) is 5.83. The molecule has 0 radical (unpaired) electrons. The lowest BCUT2D eigenvalue weighted by molar-refractivity contribution is -0.207. The Hall–Kier alpha value is -1.77. The normalized spacial score (nSPS) is 8.67. The summed E-state index contributed by atoms with van der Waals surface area (Å²) in [5.41, 5.74) is 0. The van der Waals surface area contributed by atoms with Crippen LogP contribution in [0.25, 0.3) is 0 Å². The largest absolute Gasteiger partial charge is 0.378 e. The highest BCUT2D eigenvalue weighted by atomic mass is 17.2. The van der Waals surface area contributed by atoms with Crippen LogP contribution in [0.15, 0.2) is 43.0 Å². The van der Waals surface area contributed by atoms with Crippen LogP contribution in [0, 0.1) is 0 Å². The molecule has 0 aromatic heterocycles. The third-order valence-corrected chi connectivity index (χ3v) is 1.13. The quantitative estimate of drug-likeness (QED) is 0.387. The molecule has 3 heteroatoms. The highest BCUT2D eigenvalue weighted by Gasteiger charge is 1.97. The Morgan fingerprint density at radius 3 is 2.58 bits per heavy atom. The first-order valence-electron chi connectivity index (χ1n) is 3.39. The zero-order valence-corrected chi connectivity index (χ0v) is 6.40. The van der Waals surface area contributed by atoms with Gasteiger partial charge in [-0.3, -0.25) is 4.89 Å². The molecular weight excluding hydrogens is 156 g/mol. The van der Waals surface area contributed by atoms with Gasteiger partial charge in [0.25, 0.3) is 0 Å². The van der Waals surface area contributed by atoms with Crippen molar-refractivity contribution in [1.29, 1.82) is 0 Å². The van der Waals surface area contributed by atoms with Gasteiger partial charge in [0.05, 0.1) is 0 Å². The van der Waals surface area contributed by atoms with E-state index in [0.29, 0.717) is 5.75 Å². The van der Waals surface area contributed by atoms with Crippen molar-refractivity contribution in [2.24, 2.45) is 0 Å². The molecule has 1 rings (SSSR count). The summed E-state index contributed by atoms with van der Waals surface area (Å²) in [6, 6.07) is 8.74. The summed E-state index contributed by atoms with van der Waals surface area (Å²) >= 11 is 0. The van der Waals surface area contributed by atoms with Crippen molar-refractivity contribution in [1.82, 2.24) is 0 Å². The topological polar surface area (TPSA) is 35.5 Å². The lowest BCUT2D eigenvalue weighted by Gasteiger charge is -2.00. The molecule has 0 bridgehead atoms. The Kier molecular flexibility index (Phi) is 2.90. The van der Waals surface area contributed by atoms with Gasteiger partial charge in [0.1, 0.15) is 0 Å². The number of carbonyl (C=O) groups is 1. The van der Waals surface area contributed by atoms with Crippen LogP contribution in [-0.4, -0.2) is 5.97 Å². The molecule has 0 spiro atoms. The molecule has 0 aliphatic carbocycles. The summed E-state index contributed by atoms with van der Waals surface area (Å²) in [7, 11) is 0. The molecule has 3 nitrogen and oxygen atoms in total. The summed E-state index contributed by atoms with van der Waals surface area (Å²) < 4.78 is 0. The molecule has 0 atom stereocenters. The minimum atomic E-state index is -0.612. The monoisotopic (exact) mass is 164 g/mol. The van der Waals surface area contributed by atoms with Crippen molar-refractivity contribution >= 4 is 5.97 Å². The number of rotatable bonds is 3. The van der Waals surface area contributed by atoms with Crippen LogP contribution < -0.4 is 4.89 Å². The first kappa shape index (κ1) is 8.33. The molecule has 12 heavy (non-hydrogen) atoms. The van der Waals surface area contributed by atoms with Gasteiger partial charge in [-0.25, -0.2) is 9.68 Å². The summed E-state index contributed by atoms with van der Waals surface area (Å²) in [5, 5.41) is 0. The molecule has 0 N–H and O–H groups in total. The maximum Gasteiger partial charge on any atom is 0.378 e. The van der Waals surface area contributed by atoms with E-state index in [1.807, 2.05) is 6.07 Å². The zero-order chi connectivity index (χ0) is 8.81. The van der Waals surface area contributed by atoms with E-state index >= 15 is 0 Å². The molecule has 0 heterocycles. The van der Waals surface area contributed by atoms with E-state index in [2.05, 4.69) is 16.4 Å². The standard InChI is InChI=1S/C9H8O3/c1-2-9(10)12-11-8-6-4-3-5-7-8/h2-7H,1H2. The van der Waals surface area contributed by atoms with Crippen LogP contribution in [-0.2, 0) is 9.68 Å². The number of hydrogen-bond acceptors (Lipinski definition) is 3. The van der Waals surface area contributed by atoms with Crippen molar-refractivity contribution in [2.75, 3.05) is 0 Å². The molecule has 0 saturated carbocycles. The van der Waals surface area contributed by atoms with Crippen LogP contribution in [0.2, 0.25) is 0 Å². The Labute approximate surface area is 70.2 Å². The molecule has 0 saturated heterocycles. The average molecular weight is 164 g/mol. The van der Waals surface area contributed by atoms with Crippen molar-refractivity contribution in [2.45, 2.75) is 0 Å². The number of para-hydroxylation sites is 1. The molecule has 0 aliphatic rings. The highest BCUT2D eigenvalue weighted by molar-refractivity contribution is 5.80. The van der Waals surface area contributed by atoms with E-state index in [-0.39, 0.29) is 0 Å². The second-order valence-corrected chi connectivity index (χ2v) is 2.00. The molecule has 0 fully saturated rings. The van der Waals surface area contributed by atoms with Gasteiger partial charge >= 0.3 is 5.97 Å². The van der Waals surface area contributed by atoms with E-state index in [9.17, 15) is 4.79 Å². The lowest BCUT2D eigenvalue weighted by atomic mass is 10.3. The van der Waals surface area contributed by atoms with E-state index in [1.165, 1.54) is 0 Å². The summed E-state index contributed by atoms with van der Waals surface area (Å²) in [6.45, 7) is 3.22. The highest BCUT2D eigenvalue weighted by Crippen LogP contribution is 2.08. The lowest BCUT2D eigenvalue weighted by Crippen LogP contribution is -2.03. The molecular formula is C9H8O3. The smallest absolute Gasteiger partial charge is 0.287 e. The van der Waals surface area contributed by atoms with Crippen LogP contribution in [0.4, 0.5) is 0 Å². The first-order valence-corrected chi connectivity index (χ1v) is 3.39. The van der Waals surface area contributed by atoms with E-state index < -0.39 is 5.97 Å². The Bertz CT molecular complexity index is 266. The van der Waals surface area contributed by atoms with Crippen LogP contribution in [0.3, 0.4) is 0 Å². The molecule has 0 amide bonds. The third-order valence-electron chi connectivity index (χ3n) is 1.13. The molecule has 62 valence electrons. The predicted octanol–water partition coefficient (Wildman–Crippen LogP) is 1.71. The fourth-order valence-corrected chi connectivity index (χ4v) is 0.599. The van der Waals surface area contributed by atoms with Gasteiger partial charge in [0.2, 0.25) is 0 Å². The Morgan fingerprint density at radius 2 is 2.00 bits per heavy atom. The summed E-state index contributed by atoms with van der Waals surface area (Å²) in [5.74, 6) is -0.133. The van der Waals surface area contributed by atoms with Crippen molar-refractivity contribution in [3.05, 3.63) is 43.0 Å². The van der Waals surface area contributed by atoms with E-state index in [4.69, 9.17) is 0 Å². The molecule has 1 aromatic rings. The molecule has 0 unspecified atom stereocenters. The van der Waals surface area contributed by atoms with Gasteiger partial charge in [-0.2, -0.15) is 0 Å². The fraction of sp³-hybridized carbons (Fsp3) is 0. The maximum absolute atomic E-state index is 10.5. The molecule has 1 aromatic carbocycles. The van der Waals surface area contributed by atoms with Crippen molar-refractivity contribution in [3.8, 4) is 5.75 Å². The van der Waals surface area contributed by atoms with Crippen LogP contribution in [0.1, 0.15) is 0 Å². The number of hydrogen-bond donors (Lipinski definition) is 0. The average Bonchev–Trinajstić information content (AvgIpc) is 2.16. The van der Waals surface area contributed by atoms with Crippen molar-refractivity contribution < 1.29 is 14.6 Å². The summed E-state index contributed by atoms with van der Waals surface area (Å²) in [6.07, 6.45) is 1.03. The van der Waals surface area contributed by atoms with E-state index in [1.54, 1.807) is 24.3 Å². The van der Waals surface area contributed by atoms with Gasteiger partial charge < -0.3 is 0 Å². The second kappa shape index (κ2) is 4.18. The SMILES string of the molecule is C=CC(=O)OOc1ccccc1. The Morgan fingerprint density at radius 1 is 1.33 bits per heavy atom.